The lowest BCUT2D eigenvalue weighted by Gasteiger charge is -2.63. The Morgan fingerprint density at radius 1 is 0.442 bits per heavy atom. The van der Waals surface area contributed by atoms with E-state index in [4.69, 9.17) is 4.74 Å². The lowest BCUT2D eigenvalue weighted by Crippen LogP contribution is -2.56. The van der Waals surface area contributed by atoms with Crippen molar-refractivity contribution >= 4 is 17.1 Å². The summed E-state index contributed by atoms with van der Waals surface area (Å²) in [6.45, 7) is 19.5. The van der Waals surface area contributed by atoms with Gasteiger partial charge in [0.25, 0.3) is 0 Å². The first-order valence-corrected chi connectivity index (χ1v) is 20.7. The molecule has 0 unspecified atom stereocenters. The Kier molecular flexibility index (Phi) is 6.87. The Labute approximate surface area is 313 Å². The molecule has 0 N–H and O–H groups in total. The second kappa shape index (κ2) is 10.8. The summed E-state index contributed by atoms with van der Waals surface area (Å²) in [7, 11) is 0. The van der Waals surface area contributed by atoms with Crippen molar-refractivity contribution in [1.29, 1.82) is 0 Å². The van der Waals surface area contributed by atoms with Gasteiger partial charge in [0.1, 0.15) is 11.5 Å². The van der Waals surface area contributed by atoms with E-state index in [9.17, 15) is 0 Å². The average Bonchev–Trinajstić information content (AvgIpc) is 3.10. The number of hydrogen-bond acceptors (Lipinski definition) is 2. The molecule has 0 aromatic heterocycles. The van der Waals surface area contributed by atoms with Gasteiger partial charge in [0, 0.05) is 39.7 Å². The predicted molar refractivity (Wildman–Crippen MR) is 216 cm³/mol. The van der Waals surface area contributed by atoms with Gasteiger partial charge in [-0.1, -0.05) is 91.8 Å². The molecule has 4 aromatic carbocycles. The molecule has 0 amide bonds. The van der Waals surface area contributed by atoms with Crippen molar-refractivity contribution in [2.75, 3.05) is 4.90 Å². The van der Waals surface area contributed by atoms with E-state index >= 15 is 0 Å². The minimum absolute atomic E-state index is 0.0593. The zero-order valence-electron chi connectivity index (χ0n) is 33.0. The van der Waals surface area contributed by atoms with E-state index in [1.807, 2.05) is 0 Å². The summed E-state index contributed by atoms with van der Waals surface area (Å²) in [5.41, 5.74) is 13.3. The van der Waals surface area contributed by atoms with E-state index in [1.165, 1.54) is 108 Å². The maximum atomic E-state index is 7.05. The van der Waals surface area contributed by atoms with E-state index < -0.39 is 0 Å². The van der Waals surface area contributed by atoms with Crippen LogP contribution in [-0.4, -0.2) is 0 Å². The van der Waals surface area contributed by atoms with Crippen LogP contribution in [0, 0.1) is 23.7 Å². The number of ether oxygens (including phenoxy) is 1. The van der Waals surface area contributed by atoms with Crippen molar-refractivity contribution in [3.8, 4) is 11.5 Å². The Bertz CT molecular complexity index is 2000. The lowest BCUT2D eigenvalue weighted by molar-refractivity contribution is -0.0452. The Morgan fingerprint density at radius 3 is 1.38 bits per heavy atom. The number of fused-ring (bicyclic) bond motifs is 4. The van der Waals surface area contributed by atoms with Crippen molar-refractivity contribution < 1.29 is 4.74 Å². The molecule has 0 saturated heterocycles. The molecule has 6 aliphatic carbocycles. The van der Waals surface area contributed by atoms with E-state index in [2.05, 4.69) is 139 Å². The summed E-state index contributed by atoms with van der Waals surface area (Å²) >= 11 is 0. The lowest BCUT2D eigenvalue weighted by atomic mass is 9.42. The highest BCUT2D eigenvalue weighted by Crippen LogP contribution is 2.69. The number of nitrogens with zero attached hydrogens (tertiary/aromatic N) is 1. The molecule has 0 atom stereocenters. The smallest absolute Gasteiger partial charge is 0.133 e. The van der Waals surface area contributed by atoms with Gasteiger partial charge in [0.15, 0.2) is 0 Å². The molecular formula is C50H59NO. The van der Waals surface area contributed by atoms with Crippen molar-refractivity contribution in [2.24, 2.45) is 23.7 Å². The van der Waals surface area contributed by atoms with Gasteiger partial charge in [-0.3, -0.25) is 0 Å². The molecule has 1 spiro atoms. The molecule has 7 aliphatic rings. The second-order valence-electron chi connectivity index (χ2n) is 20.8. The maximum absolute atomic E-state index is 7.05. The summed E-state index contributed by atoms with van der Waals surface area (Å²) in [6, 6.07) is 31.3. The largest absolute Gasteiger partial charge is 0.457 e. The van der Waals surface area contributed by atoms with Gasteiger partial charge >= 0.3 is 0 Å². The Morgan fingerprint density at radius 2 is 0.865 bits per heavy atom. The summed E-state index contributed by atoms with van der Waals surface area (Å²) in [5, 5.41) is 0. The minimum Gasteiger partial charge on any atom is -0.457 e. The summed E-state index contributed by atoms with van der Waals surface area (Å²) < 4.78 is 7.05. The minimum atomic E-state index is 0.0593. The standard InChI is InChI=1S/C50H59NO/c1-46(2)19-21-48(5,6)42-28-35(13-16-38(42)46)51(36-14-17-39-43(29-36)49(7,8)22-20-47(39,3)4)37-15-18-41-45(30-37)52-44-12-10-9-11-40(44)50(41)33-24-31-23-32(26-33)27-34(50)25-31/h9-18,28-34H,19-27H2,1-8H3. The molecule has 4 aromatic rings. The molecule has 270 valence electrons. The predicted octanol–water partition coefficient (Wildman–Crippen LogP) is 13.7. The monoisotopic (exact) mass is 689 g/mol. The van der Waals surface area contributed by atoms with Crippen LogP contribution in [0.15, 0.2) is 78.9 Å². The SMILES string of the molecule is CC1(C)CCC(C)(C)c2cc(N(c3ccc4c(c3)Oc3ccccc3C43C4CC5CC(C4)CC3C5)c3ccc4c(c3)C(C)(C)CCC4(C)C)ccc21. The van der Waals surface area contributed by atoms with E-state index in [0.29, 0.717) is 11.8 Å². The number of benzene rings is 4. The van der Waals surface area contributed by atoms with Crippen LogP contribution in [0.3, 0.4) is 0 Å². The van der Waals surface area contributed by atoms with Crippen molar-refractivity contribution in [3.63, 3.8) is 0 Å². The van der Waals surface area contributed by atoms with Gasteiger partial charge in [-0.25, -0.2) is 0 Å². The fourth-order valence-corrected chi connectivity index (χ4v) is 12.9. The maximum Gasteiger partial charge on any atom is 0.133 e. The van der Waals surface area contributed by atoms with Gasteiger partial charge in [-0.2, -0.15) is 0 Å². The van der Waals surface area contributed by atoms with Gasteiger partial charge in [-0.15, -0.1) is 0 Å². The molecule has 0 radical (unpaired) electrons. The first-order valence-electron chi connectivity index (χ1n) is 20.7. The van der Waals surface area contributed by atoms with Crippen LogP contribution in [0.5, 0.6) is 11.5 Å². The van der Waals surface area contributed by atoms with Crippen LogP contribution < -0.4 is 9.64 Å². The summed E-state index contributed by atoms with van der Waals surface area (Å²) in [4.78, 5) is 2.56. The van der Waals surface area contributed by atoms with Crippen molar-refractivity contribution in [1.82, 2.24) is 0 Å². The summed E-state index contributed by atoms with van der Waals surface area (Å²) in [5.74, 6) is 5.39. The first-order chi connectivity index (χ1) is 24.7. The molecule has 2 nitrogen and oxygen atoms in total. The van der Waals surface area contributed by atoms with Crippen LogP contribution in [0.4, 0.5) is 17.1 Å². The molecule has 2 heteroatoms. The molecule has 1 heterocycles. The van der Waals surface area contributed by atoms with E-state index in [0.717, 1.165) is 23.3 Å². The third kappa shape index (κ3) is 4.61. The van der Waals surface area contributed by atoms with Gasteiger partial charge in [0.2, 0.25) is 0 Å². The molecule has 52 heavy (non-hydrogen) atoms. The fourth-order valence-electron chi connectivity index (χ4n) is 12.9. The third-order valence-corrected chi connectivity index (χ3v) is 15.8. The molecular weight excluding hydrogens is 631 g/mol. The molecule has 4 bridgehead atoms. The van der Waals surface area contributed by atoms with Gasteiger partial charge in [0.05, 0.1) is 0 Å². The highest BCUT2D eigenvalue weighted by atomic mass is 16.5. The zero-order valence-corrected chi connectivity index (χ0v) is 33.0. The molecule has 1 aliphatic heterocycles. The number of para-hydroxylation sites is 1. The number of anilines is 3. The zero-order chi connectivity index (χ0) is 36.0. The highest BCUT2D eigenvalue weighted by Gasteiger charge is 2.61. The van der Waals surface area contributed by atoms with E-state index in [-0.39, 0.29) is 27.1 Å². The van der Waals surface area contributed by atoms with Crippen LogP contribution >= 0.6 is 0 Å². The van der Waals surface area contributed by atoms with E-state index in [1.54, 1.807) is 0 Å². The second-order valence-corrected chi connectivity index (χ2v) is 20.8. The van der Waals surface area contributed by atoms with Crippen LogP contribution in [0.2, 0.25) is 0 Å². The highest BCUT2D eigenvalue weighted by molar-refractivity contribution is 5.80. The van der Waals surface area contributed by atoms with Crippen molar-refractivity contribution in [3.05, 3.63) is 112 Å². The fraction of sp³-hybridized carbons (Fsp3) is 0.520. The van der Waals surface area contributed by atoms with Crippen LogP contribution in [-0.2, 0) is 27.1 Å². The molecule has 4 saturated carbocycles. The average molecular weight is 690 g/mol. The first kappa shape index (κ1) is 33.1. The number of rotatable bonds is 3. The van der Waals surface area contributed by atoms with Crippen molar-refractivity contribution in [2.45, 2.75) is 140 Å². The van der Waals surface area contributed by atoms with Gasteiger partial charge < -0.3 is 9.64 Å². The molecule has 4 fully saturated rings. The summed E-state index contributed by atoms with van der Waals surface area (Å²) in [6.07, 6.45) is 11.8. The quantitative estimate of drug-likeness (QED) is 0.212. The normalized spacial score (nSPS) is 30.5. The van der Waals surface area contributed by atoms with Crippen LogP contribution in [0.1, 0.15) is 147 Å². The van der Waals surface area contributed by atoms with Crippen LogP contribution in [0.25, 0.3) is 0 Å². The number of hydrogen-bond donors (Lipinski definition) is 0. The van der Waals surface area contributed by atoms with Gasteiger partial charge in [-0.05, 0) is 162 Å². The Hall–Kier alpha value is -3.52. The topological polar surface area (TPSA) is 12.5 Å². The molecule has 11 rings (SSSR count). The Balaban J connectivity index is 1.18. The third-order valence-electron chi connectivity index (χ3n) is 15.8.